The molecule has 2 aromatic rings. The molecule has 2 aromatic carbocycles. The van der Waals surface area contributed by atoms with Crippen molar-refractivity contribution in [3.63, 3.8) is 0 Å². The molecule has 29 heavy (non-hydrogen) atoms. The standard InChI is InChI=1S/C22H27FN4O2/c23-19-7-5-18(6-8-19)17-25-9-11-27(12-10-25)22(28)24-20-3-1-2-4-21(20)26-13-15-29-16-14-26/h1-8H,9-17H2,(H,24,28). The van der Waals surface area contributed by atoms with E-state index < -0.39 is 0 Å². The van der Waals surface area contributed by atoms with Crippen LogP contribution in [-0.4, -0.2) is 68.3 Å². The van der Waals surface area contributed by atoms with Gasteiger partial charge in [-0.25, -0.2) is 9.18 Å². The van der Waals surface area contributed by atoms with Gasteiger partial charge < -0.3 is 19.9 Å². The minimum atomic E-state index is -0.215. The third kappa shape index (κ3) is 5.05. The zero-order valence-electron chi connectivity index (χ0n) is 16.5. The highest BCUT2D eigenvalue weighted by Crippen LogP contribution is 2.26. The molecule has 0 aromatic heterocycles. The van der Waals surface area contributed by atoms with Crippen LogP contribution in [0.2, 0.25) is 0 Å². The van der Waals surface area contributed by atoms with Gasteiger partial charge >= 0.3 is 6.03 Å². The maximum atomic E-state index is 13.1. The minimum Gasteiger partial charge on any atom is -0.378 e. The molecule has 1 N–H and O–H groups in total. The van der Waals surface area contributed by atoms with Crippen LogP contribution in [0.25, 0.3) is 0 Å². The highest BCUT2D eigenvalue weighted by atomic mass is 19.1. The number of benzene rings is 2. The smallest absolute Gasteiger partial charge is 0.321 e. The predicted molar refractivity (Wildman–Crippen MR) is 112 cm³/mol. The number of piperazine rings is 1. The summed E-state index contributed by atoms with van der Waals surface area (Å²) in [5, 5.41) is 3.09. The summed E-state index contributed by atoms with van der Waals surface area (Å²) in [6.45, 7) is 6.79. The fraction of sp³-hybridized carbons (Fsp3) is 0.409. The second-order valence-corrected chi connectivity index (χ2v) is 7.44. The molecule has 2 aliphatic rings. The fourth-order valence-corrected chi connectivity index (χ4v) is 3.81. The quantitative estimate of drug-likeness (QED) is 0.860. The molecule has 7 heteroatoms. The molecule has 2 saturated heterocycles. The van der Waals surface area contributed by atoms with Gasteiger partial charge in [0, 0.05) is 45.8 Å². The molecule has 2 heterocycles. The summed E-state index contributed by atoms with van der Waals surface area (Å²) in [5.74, 6) is -0.215. The van der Waals surface area contributed by atoms with E-state index in [1.165, 1.54) is 12.1 Å². The highest BCUT2D eigenvalue weighted by Gasteiger charge is 2.23. The van der Waals surface area contributed by atoms with E-state index in [9.17, 15) is 9.18 Å². The summed E-state index contributed by atoms with van der Waals surface area (Å²) >= 11 is 0. The number of hydrogen-bond acceptors (Lipinski definition) is 4. The molecule has 0 aliphatic carbocycles. The van der Waals surface area contributed by atoms with Gasteiger partial charge in [0.1, 0.15) is 5.82 Å². The van der Waals surface area contributed by atoms with E-state index in [2.05, 4.69) is 15.1 Å². The number of halogens is 1. The van der Waals surface area contributed by atoms with Crippen LogP contribution in [-0.2, 0) is 11.3 Å². The summed E-state index contributed by atoms with van der Waals surface area (Å²) in [7, 11) is 0. The first kappa shape index (κ1) is 19.7. The fourth-order valence-electron chi connectivity index (χ4n) is 3.81. The molecule has 0 bridgehead atoms. The highest BCUT2D eigenvalue weighted by molar-refractivity contribution is 5.93. The molecule has 0 spiro atoms. The maximum absolute atomic E-state index is 13.1. The lowest BCUT2D eigenvalue weighted by Gasteiger charge is -2.35. The topological polar surface area (TPSA) is 48.1 Å². The van der Waals surface area contributed by atoms with Crippen molar-refractivity contribution in [1.29, 1.82) is 0 Å². The molecule has 0 unspecified atom stereocenters. The molecule has 2 aliphatic heterocycles. The van der Waals surface area contributed by atoms with Gasteiger partial charge in [-0.3, -0.25) is 4.90 Å². The van der Waals surface area contributed by atoms with Crippen LogP contribution < -0.4 is 10.2 Å². The summed E-state index contributed by atoms with van der Waals surface area (Å²) < 4.78 is 18.5. The molecule has 2 amide bonds. The van der Waals surface area contributed by atoms with E-state index in [0.717, 1.165) is 49.7 Å². The van der Waals surface area contributed by atoms with Crippen molar-refractivity contribution in [2.75, 3.05) is 62.7 Å². The van der Waals surface area contributed by atoms with E-state index in [4.69, 9.17) is 4.74 Å². The Bertz CT molecular complexity index is 816. The third-order valence-corrected chi connectivity index (χ3v) is 5.48. The van der Waals surface area contributed by atoms with E-state index in [1.54, 1.807) is 0 Å². The maximum Gasteiger partial charge on any atom is 0.321 e. The first-order valence-electron chi connectivity index (χ1n) is 10.1. The molecule has 0 atom stereocenters. The lowest BCUT2D eigenvalue weighted by Crippen LogP contribution is -2.49. The Labute approximate surface area is 170 Å². The lowest BCUT2D eigenvalue weighted by molar-refractivity contribution is 0.123. The Morgan fingerprint density at radius 2 is 1.62 bits per heavy atom. The van der Waals surface area contributed by atoms with E-state index in [-0.39, 0.29) is 11.8 Å². The van der Waals surface area contributed by atoms with Gasteiger partial charge in [0.15, 0.2) is 0 Å². The van der Waals surface area contributed by atoms with Gasteiger partial charge in [0.2, 0.25) is 0 Å². The Balaban J connectivity index is 1.32. The number of ether oxygens (including phenoxy) is 1. The van der Waals surface area contributed by atoms with Crippen LogP contribution in [0.5, 0.6) is 0 Å². The summed E-state index contributed by atoms with van der Waals surface area (Å²) in [5.41, 5.74) is 2.97. The number of hydrogen-bond donors (Lipinski definition) is 1. The van der Waals surface area contributed by atoms with Crippen LogP contribution in [0.1, 0.15) is 5.56 Å². The average Bonchev–Trinajstić information content (AvgIpc) is 2.77. The van der Waals surface area contributed by atoms with Crippen molar-refractivity contribution < 1.29 is 13.9 Å². The third-order valence-electron chi connectivity index (χ3n) is 5.48. The second-order valence-electron chi connectivity index (χ2n) is 7.44. The number of urea groups is 1. The van der Waals surface area contributed by atoms with Gasteiger partial charge in [-0.2, -0.15) is 0 Å². The number of anilines is 2. The first-order valence-corrected chi connectivity index (χ1v) is 10.1. The number of morpholine rings is 1. The van der Waals surface area contributed by atoms with Gasteiger partial charge in [0.05, 0.1) is 24.6 Å². The zero-order chi connectivity index (χ0) is 20.1. The number of rotatable bonds is 4. The Kier molecular flexibility index (Phi) is 6.27. The van der Waals surface area contributed by atoms with Gasteiger partial charge in [-0.05, 0) is 29.8 Å². The van der Waals surface area contributed by atoms with Crippen molar-refractivity contribution in [3.05, 3.63) is 59.9 Å². The van der Waals surface area contributed by atoms with Crippen molar-refractivity contribution in [2.45, 2.75) is 6.54 Å². The van der Waals surface area contributed by atoms with Crippen molar-refractivity contribution in [1.82, 2.24) is 9.80 Å². The molecular formula is C22H27FN4O2. The van der Waals surface area contributed by atoms with Crippen LogP contribution in [0.3, 0.4) is 0 Å². The first-order chi connectivity index (χ1) is 14.2. The predicted octanol–water partition coefficient (Wildman–Crippen LogP) is 3.01. The largest absolute Gasteiger partial charge is 0.378 e. The molecule has 0 saturated carbocycles. The van der Waals surface area contributed by atoms with Crippen molar-refractivity contribution in [3.8, 4) is 0 Å². The number of carbonyl (C=O) groups excluding carboxylic acids is 1. The molecule has 154 valence electrons. The monoisotopic (exact) mass is 398 g/mol. The Morgan fingerprint density at radius 1 is 0.931 bits per heavy atom. The van der Waals surface area contributed by atoms with Crippen LogP contribution in [0.15, 0.2) is 48.5 Å². The summed E-state index contributed by atoms with van der Waals surface area (Å²) in [6.07, 6.45) is 0. The molecule has 0 radical (unpaired) electrons. The number of carbonyl (C=O) groups is 1. The molecule has 2 fully saturated rings. The van der Waals surface area contributed by atoms with Gasteiger partial charge in [-0.15, -0.1) is 0 Å². The SMILES string of the molecule is O=C(Nc1ccccc1N1CCOCC1)N1CCN(Cc2ccc(F)cc2)CC1. The van der Waals surface area contributed by atoms with Crippen LogP contribution in [0.4, 0.5) is 20.6 Å². The van der Waals surface area contributed by atoms with E-state index in [1.807, 2.05) is 41.3 Å². The average molecular weight is 398 g/mol. The van der Waals surface area contributed by atoms with Crippen molar-refractivity contribution in [2.24, 2.45) is 0 Å². The summed E-state index contributed by atoms with van der Waals surface area (Å²) in [6, 6.07) is 14.5. The van der Waals surface area contributed by atoms with Gasteiger partial charge in [0.25, 0.3) is 0 Å². The normalized spacial score (nSPS) is 18.0. The van der Waals surface area contributed by atoms with Crippen LogP contribution in [0, 0.1) is 5.82 Å². The second kappa shape index (κ2) is 9.24. The number of nitrogens with one attached hydrogen (secondary N) is 1. The number of amides is 2. The van der Waals surface area contributed by atoms with E-state index >= 15 is 0 Å². The molecule has 4 rings (SSSR count). The minimum absolute atomic E-state index is 0.0628. The Hall–Kier alpha value is -2.64. The lowest BCUT2D eigenvalue weighted by atomic mass is 10.2. The van der Waals surface area contributed by atoms with Crippen molar-refractivity contribution >= 4 is 17.4 Å². The summed E-state index contributed by atoms with van der Waals surface area (Å²) in [4.78, 5) is 19.2. The zero-order valence-corrected chi connectivity index (χ0v) is 16.5. The van der Waals surface area contributed by atoms with E-state index in [0.29, 0.717) is 26.3 Å². The Morgan fingerprint density at radius 3 is 2.34 bits per heavy atom. The number of para-hydroxylation sites is 2. The number of nitrogens with zero attached hydrogens (tertiary/aromatic N) is 3. The molecular weight excluding hydrogens is 371 g/mol. The molecule has 6 nitrogen and oxygen atoms in total. The van der Waals surface area contributed by atoms with Crippen LogP contribution >= 0.6 is 0 Å². The van der Waals surface area contributed by atoms with Gasteiger partial charge in [-0.1, -0.05) is 24.3 Å².